The van der Waals surface area contributed by atoms with E-state index in [0.717, 1.165) is 23.4 Å². The van der Waals surface area contributed by atoms with E-state index in [2.05, 4.69) is 15.5 Å². The van der Waals surface area contributed by atoms with Gasteiger partial charge in [0.1, 0.15) is 0 Å². The van der Waals surface area contributed by atoms with Gasteiger partial charge in [-0.05, 0) is 79.2 Å². The molecule has 1 unspecified atom stereocenters. The highest BCUT2D eigenvalue weighted by Gasteiger charge is 2.50. The molecule has 0 radical (unpaired) electrons. The Morgan fingerprint density at radius 2 is 1.91 bits per heavy atom. The highest BCUT2D eigenvalue weighted by molar-refractivity contribution is 7.72. The van der Waals surface area contributed by atoms with Crippen LogP contribution in [0.3, 0.4) is 0 Å². The highest BCUT2D eigenvalue weighted by Crippen LogP contribution is 2.40. The molecule has 2 aliphatic rings. The molecule has 1 aromatic heterocycles. The Kier molecular flexibility index (Phi) is 5.39. The number of fused-ring (bicyclic) bond motifs is 3. The Labute approximate surface area is 199 Å². The van der Waals surface area contributed by atoms with Crippen molar-refractivity contribution in [3.05, 3.63) is 63.1 Å². The van der Waals surface area contributed by atoms with Crippen LogP contribution in [0.4, 0.5) is 11.4 Å². The lowest BCUT2D eigenvalue weighted by molar-refractivity contribution is -0.171. The summed E-state index contributed by atoms with van der Waals surface area (Å²) in [5.41, 5.74) is 2.23. The number of rotatable bonds is 4. The summed E-state index contributed by atoms with van der Waals surface area (Å²) in [5.74, 6) is -1.24. The number of anilines is 2. The maximum atomic E-state index is 13.0. The van der Waals surface area contributed by atoms with Gasteiger partial charge in [-0.15, -0.1) is 0 Å². The minimum Gasteiger partial charge on any atom is -0.478 e. The van der Waals surface area contributed by atoms with E-state index in [4.69, 9.17) is 29.2 Å². The molecule has 2 aromatic carbocycles. The van der Waals surface area contributed by atoms with Gasteiger partial charge in [0.2, 0.25) is 5.72 Å². The van der Waals surface area contributed by atoms with Crippen LogP contribution in [0.2, 0.25) is 0 Å². The van der Waals surface area contributed by atoms with E-state index < -0.39 is 11.7 Å². The van der Waals surface area contributed by atoms with E-state index in [1.54, 1.807) is 22.8 Å². The molecular weight excluding hydrogens is 462 g/mol. The van der Waals surface area contributed by atoms with Gasteiger partial charge in [-0.1, -0.05) is 6.07 Å². The van der Waals surface area contributed by atoms with Crippen LogP contribution in [0.1, 0.15) is 28.8 Å². The second kappa shape index (κ2) is 8.25. The second-order valence-electron chi connectivity index (χ2n) is 7.99. The van der Waals surface area contributed by atoms with Crippen molar-refractivity contribution in [2.24, 2.45) is 0 Å². The van der Waals surface area contributed by atoms with Crippen molar-refractivity contribution < 1.29 is 19.4 Å². The lowest BCUT2D eigenvalue weighted by Gasteiger charge is -2.48. The molecule has 33 heavy (non-hydrogen) atoms. The molecule has 0 saturated carbocycles. The summed E-state index contributed by atoms with van der Waals surface area (Å²) in [4.78, 5) is 26.8. The summed E-state index contributed by atoms with van der Waals surface area (Å²) in [5, 5.41) is 18.3. The zero-order chi connectivity index (χ0) is 23.2. The van der Waals surface area contributed by atoms with Crippen molar-refractivity contribution in [2.75, 3.05) is 23.4 Å². The van der Waals surface area contributed by atoms with Crippen molar-refractivity contribution in [3.63, 3.8) is 0 Å². The first-order valence-corrected chi connectivity index (χ1v) is 11.3. The van der Waals surface area contributed by atoms with E-state index >= 15 is 0 Å². The van der Waals surface area contributed by atoms with Gasteiger partial charge in [0.05, 0.1) is 12.3 Å². The summed E-state index contributed by atoms with van der Waals surface area (Å²) in [6.45, 7) is 1.03. The molecule has 5 rings (SSSR count). The van der Waals surface area contributed by atoms with E-state index in [1.165, 1.54) is 0 Å². The van der Waals surface area contributed by atoms with Gasteiger partial charge in [0.15, 0.2) is 9.54 Å². The number of hydrogen-bond donors (Lipinski definition) is 4. The van der Waals surface area contributed by atoms with Crippen molar-refractivity contribution >= 4 is 47.7 Å². The first kappa shape index (κ1) is 21.6. The molecule has 1 atom stereocenters. The molecule has 1 saturated heterocycles. The molecule has 1 fully saturated rings. The Morgan fingerprint density at radius 3 is 2.67 bits per heavy atom. The molecule has 9 nitrogen and oxygen atoms in total. The van der Waals surface area contributed by atoms with Crippen molar-refractivity contribution in [1.82, 2.24) is 14.8 Å². The lowest BCUT2D eigenvalue weighted by atomic mass is 9.90. The highest BCUT2D eigenvalue weighted by atomic mass is 32.1. The summed E-state index contributed by atoms with van der Waals surface area (Å²) in [6, 6.07) is 12.6. The van der Waals surface area contributed by atoms with Crippen molar-refractivity contribution in [3.8, 4) is 5.69 Å². The van der Waals surface area contributed by atoms with Crippen LogP contribution in [0.15, 0.2) is 42.5 Å². The topological polar surface area (TPSA) is 115 Å². The number of carbonyl (C=O) groups excluding carboxylic acids is 1. The molecule has 2 aliphatic heterocycles. The van der Waals surface area contributed by atoms with Crippen LogP contribution < -0.4 is 10.2 Å². The Balaban J connectivity index is 1.40. The molecule has 1 amide bonds. The average Bonchev–Trinajstić information content (AvgIpc) is 3.16. The summed E-state index contributed by atoms with van der Waals surface area (Å²) >= 11 is 10.5. The smallest absolute Gasteiger partial charge is 0.357 e. The Hall–Kier alpha value is -3.28. The number of carboxylic acid groups (broad SMARTS) is 1. The largest absolute Gasteiger partial charge is 0.478 e. The molecule has 3 heterocycles. The van der Waals surface area contributed by atoms with Gasteiger partial charge >= 0.3 is 5.97 Å². The molecule has 4 N–H and O–H groups in total. The fourth-order valence-electron chi connectivity index (χ4n) is 4.49. The third-order valence-corrected chi connectivity index (χ3v) is 6.62. The first-order chi connectivity index (χ1) is 15.9. The SMILES string of the molecule is O=C(Nc1cccc(-n2c(=S)[nH][nH]c2=S)c1)c1ccc2c(c1)CCC1(C(=O)O)OCCCN21. The van der Waals surface area contributed by atoms with Gasteiger partial charge in [0, 0.05) is 29.9 Å². The number of amides is 1. The van der Waals surface area contributed by atoms with Gasteiger partial charge < -0.3 is 20.1 Å². The number of carboxylic acids is 1. The van der Waals surface area contributed by atoms with Crippen LogP contribution >= 0.6 is 24.4 Å². The third-order valence-electron chi connectivity index (χ3n) is 6.05. The van der Waals surface area contributed by atoms with Crippen LogP contribution in [0.5, 0.6) is 0 Å². The normalized spacial score (nSPS) is 19.5. The summed E-state index contributed by atoms with van der Waals surface area (Å²) < 4.78 is 8.25. The predicted molar refractivity (Wildman–Crippen MR) is 127 cm³/mol. The van der Waals surface area contributed by atoms with Gasteiger partial charge in [-0.2, -0.15) is 0 Å². The monoisotopic (exact) mass is 483 g/mol. The van der Waals surface area contributed by atoms with E-state index in [9.17, 15) is 14.7 Å². The van der Waals surface area contributed by atoms with Crippen LogP contribution in [-0.2, 0) is 16.0 Å². The fraction of sp³-hybridized carbons (Fsp3) is 0.273. The number of hydrogen-bond acceptors (Lipinski definition) is 6. The zero-order valence-electron chi connectivity index (χ0n) is 17.5. The van der Waals surface area contributed by atoms with E-state index in [0.29, 0.717) is 46.8 Å². The molecule has 170 valence electrons. The fourth-order valence-corrected chi connectivity index (χ4v) is 5.05. The van der Waals surface area contributed by atoms with E-state index in [1.807, 2.05) is 29.2 Å². The summed E-state index contributed by atoms with van der Waals surface area (Å²) in [7, 11) is 0. The third kappa shape index (κ3) is 3.67. The summed E-state index contributed by atoms with van der Waals surface area (Å²) in [6.07, 6.45) is 1.60. The quantitative estimate of drug-likeness (QED) is 0.417. The van der Waals surface area contributed by atoms with E-state index in [-0.39, 0.29) is 5.91 Å². The Morgan fingerprint density at radius 1 is 1.12 bits per heavy atom. The molecule has 0 spiro atoms. The van der Waals surface area contributed by atoms with Crippen LogP contribution in [0, 0.1) is 9.54 Å². The molecule has 0 aliphatic carbocycles. The number of nitrogens with zero attached hydrogens (tertiary/aromatic N) is 2. The maximum absolute atomic E-state index is 13.0. The average molecular weight is 484 g/mol. The van der Waals surface area contributed by atoms with Crippen LogP contribution in [0.25, 0.3) is 5.69 Å². The number of benzene rings is 2. The number of nitrogens with one attached hydrogen (secondary N) is 3. The van der Waals surface area contributed by atoms with Crippen LogP contribution in [-0.4, -0.2) is 50.6 Å². The van der Waals surface area contributed by atoms with Gasteiger partial charge in [-0.25, -0.2) is 4.79 Å². The van der Waals surface area contributed by atoms with Gasteiger partial charge in [-0.3, -0.25) is 19.6 Å². The minimum absolute atomic E-state index is 0.261. The standard InChI is InChI=1S/C22H21N5O4S2/c28-18(23-15-3-1-4-16(12-15)27-20(32)24-25-21(27)33)14-5-6-17-13(11-14)7-8-22(19(29)30)26(17)9-2-10-31-22/h1,3-6,11-12H,2,7-10H2,(H,23,28)(H,24,32)(H,25,33)(H,29,30). The second-order valence-corrected chi connectivity index (χ2v) is 8.76. The minimum atomic E-state index is -1.32. The number of aliphatic carboxylic acids is 1. The molecular formula is C22H21N5O4S2. The first-order valence-electron chi connectivity index (χ1n) is 10.5. The number of aromatic amines is 2. The Bertz CT molecular complexity index is 1350. The maximum Gasteiger partial charge on any atom is 0.357 e. The van der Waals surface area contributed by atoms with Crippen molar-refractivity contribution in [2.45, 2.75) is 25.0 Å². The number of H-pyrrole nitrogens is 2. The van der Waals surface area contributed by atoms with Gasteiger partial charge in [0.25, 0.3) is 5.91 Å². The lowest BCUT2D eigenvalue weighted by Crippen LogP contribution is -2.62. The predicted octanol–water partition coefficient (Wildman–Crippen LogP) is 3.80. The molecule has 11 heteroatoms. The number of carbonyl (C=O) groups is 2. The molecule has 0 bridgehead atoms. The zero-order valence-corrected chi connectivity index (χ0v) is 19.1. The molecule has 3 aromatic rings. The number of ether oxygens (including phenoxy) is 1. The number of aryl methyl sites for hydroxylation is 1. The number of aromatic nitrogens is 3. The van der Waals surface area contributed by atoms with Crippen molar-refractivity contribution in [1.29, 1.82) is 0 Å².